The number of hydrogen-bond donors (Lipinski definition) is 0. The van der Waals surface area contributed by atoms with E-state index >= 15 is 0 Å². The van der Waals surface area contributed by atoms with E-state index in [0.29, 0.717) is 32.1 Å². The second kappa shape index (κ2) is 6.60. The number of benzene rings is 1. The van der Waals surface area contributed by atoms with Crippen LogP contribution < -0.4 is 9.80 Å². The van der Waals surface area contributed by atoms with Crippen molar-refractivity contribution in [3.05, 3.63) is 48.3 Å². The van der Waals surface area contributed by atoms with Gasteiger partial charge in [0.1, 0.15) is 17.2 Å². The molecule has 2 aromatic heterocycles. The molecule has 0 aliphatic carbocycles. The van der Waals surface area contributed by atoms with Gasteiger partial charge in [-0.2, -0.15) is 13.2 Å². The van der Waals surface area contributed by atoms with Gasteiger partial charge >= 0.3 is 6.18 Å². The van der Waals surface area contributed by atoms with Crippen LogP contribution in [0.3, 0.4) is 0 Å². The van der Waals surface area contributed by atoms with Crippen molar-refractivity contribution in [1.82, 2.24) is 19.9 Å². The maximum Gasteiger partial charge on any atom is 0.451 e. The fraction of sp³-hybridized carbons (Fsp3) is 0.294. The minimum atomic E-state index is -4.76. The molecular formula is C17H14F4N6. The number of aromatic nitrogens is 4. The molecule has 10 heteroatoms. The van der Waals surface area contributed by atoms with Crippen molar-refractivity contribution in [2.24, 2.45) is 0 Å². The van der Waals surface area contributed by atoms with Crippen LogP contribution in [0.4, 0.5) is 29.3 Å². The van der Waals surface area contributed by atoms with Crippen molar-refractivity contribution < 1.29 is 17.6 Å². The highest BCUT2D eigenvalue weighted by Gasteiger charge is 2.36. The van der Waals surface area contributed by atoms with Crippen LogP contribution in [0, 0.1) is 5.82 Å². The fourth-order valence-electron chi connectivity index (χ4n) is 3.04. The highest BCUT2D eigenvalue weighted by Crippen LogP contribution is 2.33. The molecule has 0 saturated carbocycles. The molecule has 0 bridgehead atoms. The first-order valence-electron chi connectivity index (χ1n) is 8.24. The Labute approximate surface area is 151 Å². The zero-order chi connectivity index (χ0) is 19.0. The Hall–Kier alpha value is -3.04. The number of para-hydroxylation sites is 1. The standard InChI is InChI=1S/C17H14F4N6/c18-12-4-1-3-11-13(12)24-15(17(19,20)21)25-14(11)26-7-9-27(10-8-26)16-22-5-2-6-23-16/h1-6H,7-10H2. The van der Waals surface area contributed by atoms with E-state index in [1.807, 2.05) is 4.90 Å². The summed E-state index contributed by atoms with van der Waals surface area (Å²) in [7, 11) is 0. The van der Waals surface area contributed by atoms with E-state index in [9.17, 15) is 17.6 Å². The van der Waals surface area contributed by atoms with E-state index in [2.05, 4.69) is 19.9 Å². The summed E-state index contributed by atoms with van der Waals surface area (Å²) < 4.78 is 53.6. The molecule has 1 saturated heterocycles. The van der Waals surface area contributed by atoms with Crippen LogP contribution in [0.25, 0.3) is 10.9 Å². The lowest BCUT2D eigenvalue weighted by Gasteiger charge is -2.35. The molecule has 4 rings (SSSR count). The van der Waals surface area contributed by atoms with Gasteiger partial charge < -0.3 is 9.80 Å². The van der Waals surface area contributed by atoms with Gasteiger partial charge in [0.15, 0.2) is 0 Å². The van der Waals surface area contributed by atoms with E-state index in [4.69, 9.17) is 0 Å². The summed E-state index contributed by atoms with van der Waals surface area (Å²) in [5, 5.41) is 0.257. The van der Waals surface area contributed by atoms with Crippen molar-refractivity contribution >= 4 is 22.7 Å². The molecule has 1 aliphatic rings. The van der Waals surface area contributed by atoms with Gasteiger partial charge in [-0.05, 0) is 18.2 Å². The molecule has 0 radical (unpaired) electrons. The first kappa shape index (κ1) is 17.4. The number of anilines is 2. The van der Waals surface area contributed by atoms with Crippen LogP contribution >= 0.6 is 0 Å². The summed E-state index contributed by atoms with van der Waals surface area (Å²) in [6, 6.07) is 5.76. The Morgan fingerprint density at radius 1 is 0.852 bits per heavy atom. The van der Waals surface area contributed by atoms with Crippen molar-refractivity contribution in [2.45, 2.75) is 6.18 Å². The van der Waals surface area contributed by atoms with Gasteiger partial charge in [0.2, 0.25) is 11.8 Å². The summed E-state index contributed by atoms with van der Waals surface area (Å²) in [5.74, 6) is -1.51. The molecule has 1 aliphatic heterocycles. The number of hydrogen-bond acceptors (Lipinski definition) is 6. The lowest BCUT2D eigenvalue weighted by Crippen LogP contribution is -2.47. The smallest absolute Gasteiger partial charge is 0.352 e. The monoisotopic (exact) mass is 378 g/mol. The fourth-order valence-corrected chi connectivity index (χ4v) is 3.04. The molecular weight excluding hydrogens is 364 g/mol. The van der Waals surface area contributed by atoms with E-state index in [1.54, 1.807) is 23.4 Å². The van der Waals surface area contributed by atoms with Gasteiger partial charge in [-0.15, -0.1) is 0 Å². The maximum absolute atomic E-state index is 14.1. The average Bonchev–Trinajstić information content (AvgIpc) is 2.68. The normalized spacial score (nSPS) is 15.4. The molecule has 0 N–H and O–H groups in total. The molecule has 27 heavy (non-hydrogen) atoms. The minimum absolute atomic E-state index is 0.0838. The molecule has 0 unspecified atom stereocenters. The number of alkyl halides is 3. The Morgan fingerprint density at radius 2 is 1.52 bits per heavy atom. The van der Waals surface area contributed by atoms with Crippen molar-refractivity contribution in [2.75, 3.05) is 36.0 Å². The number of piperazine rings is 1. The first-order valence-corrected chi connectivity index (χ1v) is 8.24. The van der Waals surface area contributed by atoms with Crippen molar-refractivity contribution in [3.8, 4) is 0 Å². The van der Waals surface area contributed by atoms with Gasteiger partial charge in [0.25, 0.3) is 0 Å². The molecule has 1 aromatic carbocycles. The lowest BCUT2D eigenvalue weighted by molar-refractivity contribution is -0.144. The van der Waals surface area contributed by atoms with Gasteiger partial charge in [0, 0.05) is 44.0 Å². The molecule has 0 amide bonds. The quantitative estimate of drug-likeness (QED) is 0.639. The number of halogens is 4. The average molecular weight is 378 g/mol. The predicted octanol–water partition coefficient (Wildman–Crippen LogP) is 2.90. The van der Waals surface area contributed by atoms with Gasteiger partial charge in [-0.25, -0.2) is 24.3 Å². The molecule has 1 fully saturated rings. The molecule has 0 atom stereocenters. The van der Waals surface area contributed by atoms with Crippen molar-refractivity contribution in [3.63, 3.8) is 0 Å². The Morgan fingerprint density at radius 3 is 2.19 bits per heavy atom. The van der Waals surface area contributed by atoms with Crippen LogP contribution in [0.1, 0.15) is 5.82 Å². The van der Waals surface area contributed by atoms with Crippen LogP contribution in [0.15, 0.2) is 36.7 Å². The predicted molar refractivity (Wildman–Crippen MR) is 91.0 cm³/mol. The molecule has 3 aromatic rings. The number of nitrogens with zero attached hydrogens (tertiary/aromatic N) is 6. The number of rotatable bonds is 2. The van der Waals surface area contributed by atoms with Crippen LogP contribution in [0.5, 0.6) is 0 Å². The summed E-state index contributed by atoms with van der Waals surface area (Å²) >= 11 is 0. The molecule has 3 heterocycles. The second-order valence-electron chi connectivity index (χ2n) is 6.03. The number of fused-ring (bicyclic) bond motifs is 1. The summed E-state index contributed by atoms with van der Waals surface area (Å²) in [6.07, 6.45) is -1.50. The van der Waals surface area contributed by atoms with Gasteiger partial charge in [-0.1, -0.05) is 6.07 Å². The van der Waals surface area contributed by atoms with Gasteiger partial charge in [0.05, 0.1) is 0 Å². The zero-order valence-electron chi connectivity index (χ0n) is 14.0. The SMILES string of the molecule is Fc1cccc2c(N3CCN(c4ncccn4)CC3)nc(C(F)(F)F)nc12. The molecule has 0 spiro atoms. The highest BCUT2D eigenvalue weighted by molar-refractivity contribution is 5.90. The largest absolute Gasteiger partial charge is 0.451 e. The Bertz CT molecular complexity index is 955. The van der Waals surface area contributed by atoms with E-state index in [-0.39, 0.29) is 16.7 Å². The Kier molecular flexibility index (Phi) is 4.25. The van der Waals surface area contributed by atoms with E-state index in [1.165, 1.54) is 12.1 Å². The Balaban J connectivity index is 1.68. The maximum atomic E-state index is 14.1. The molecule has 6 nitrogen and oxygen atoms in total. The van der Waals surface area contributed by atoms with Crippen LogP contribution in [-0.2, 0) is 6.18 Å². The third-order valence-electron chi connectivity index (χ3n) is 4.32. The second-order valence-corrected chi connectivity index (χ2v) is 6.03. The summed E-state index contributed by atoms with van der Waals surface area (Å²) in [6.45, 7) is 1.81. The third-order valence-corrected chi connectivity index (χ3v) is 4.32. The topological polar surface area (TPSA) is 58.0 Å². The van der Waals surface area contributed by atoms with Crippen molar-refractivity contribution in [1.29, 1.82) is 0 Å². The van der Waals surface area contributed by atoms with E-state index < -0.39 is 17.8 Å². The van der Waals surface area contributed by atoms with Gasteiger partial charge in [-0.3, -0.25) is 0 Å². The van der Waals surface area contributed by atoms with E-state index in [0.717, 1.165) is 6.07 Å². The lowest BCUT2D eigenvalue weighted by atomic mass is 10.2. The third kappa shape index (κ3) is 3.34. The summed E-state index contributed by atoms with van der Waals surface area (Å²) in [4.78, 5) is 19.1. The zero-order valence-corrected chi connectivity index (χ0v) is 14.0. The summed E-state index contributed by atoms with van der Waals surface area (Å²) in [5.41, 5.74) is -0.330. The minimum Gasteiger partial charge on any atom is -0.352 e. The van der Waals surface area contributed by atoms with Crippen LogP contribution in [-0.4, -0.2) is 46.1 Å². The highest BCUT2D eigenvalue weighted by atomic mass is 19.4. The van der Waals surface area contributed by atoms with Crippen LogP contribution in [0.2, 0.25) is 0 Å². The molecule has 140 valence electrons. The first-order chi connectivity index (χ1) is 12.9.